The molecule has 0 N–H and O–H groups in total. The summed E-state index contributed by atoms with van der Waals surface area (Å²) in [4.78, 5) is 35.1. The summed E-state index contributed by atoms with van der Waals surface area (Å²) in [7, 11) is 3.52. The van der Waals surface area contributed by atoms with Crippen molar-refractivity contribution in [2.45, 2.75) is 50.1 Å². The smallest absolute Gasteiger partial charge is 0.263 e. The molecule has 1 amide bonds. The SMILES string of the molecule is CCn1c(S[C@H](C(=O)N(C)C)c2ccccc2)nc2sc3c(c2c1=O)CC[C@H](C)C3. The molecular formula is C23H27N3O2S2. The summed E-state index contributed by atoms with van der Waals surface area (Å²) in [5, 5.41) is 0.965. The molecule has 3 aromatic rings. The minimum atomic E-state index is -0.446. The van der Waals surface area contributed by atoms with Gasteiger partial charge in [-0.2, -0.15) is 0 Å². The van der Waals surface area contributed by atoms with Crippen LogP contribution in [0.4, 0.5) is 0 Å². The number of aryl methyl sites for hydroxylation is 1. The lowest BCUT2D eigenvalue weighted by atomic mass is 9.89. The van der Waals surface area contributed by atoms with Crippen molar-refractivity contribution in [3.63, 3.8) is 0 Å². The molecule has 0 saturated heterocycles. The standard InChI is InChI=1S/C23H27N3O2S2/c1-5-26-21(27)18-16-12-11-14(2)13-17(16)29-20(18)24-23(26)30-19(22(28)25(3)4)15-9-7-6-8-10-15/h6-10,14,19H,5,11-13H2,1-4H3/t14-,19-/m0/s1. The summed E-state index contributed by atoms with van der Waals surface area (Å²) in [5.74, 6) is 0.635. The molecule has 1 aliphatic rings. The Bertz CT molecular complexity index is 1130. The number of aromatic nitrogens is 2. The molecule has 5 nitrogen and oxygen atoms in total. The monoisotopic (exact) mass is 441 g/mol. The molecule has 2 heterocycles. The van der Waals surface area contributed by atoms with E-state index in [1.54, 1.807) is 34.9 Å². The number of carbonyl (C=O) groups excluding carboxylic acids is 1. The maximum absolute atomic E-state index is 13.4. The Kier molecular flexibility index (Phi) is 6.02. The van der Waals surface area contributed by atoms with Crippen molar-refractivity contribution in [1.29, 1.82) is 0 Å². The summed E-state index contributed by atoms with van der Waals surface area (Å²) in [5.41, 5.74) is 2.15. The third-order valence-corrected chi connectivity index (χ3v) is 8.07. The zero-order valence-corrected chi connectivity index (χ0v) is 19.5. The number of amides is 1. The van der Waals surface area contributed by atoms with E-state index in [2.05, 4.69) is 6.92 Å². The fourth-order valence-electron chi connectivity index (χ4n) is 4.00. The van der Waals surface area contributed by atoms with E-state index < -0.39 is 5.25 Å². The Balaban J connectivity index is 1.83. The van der Waals surface area contributed by atoms with E-state index in [1.807, 2.05) is 37.3 Å². The van der Waals surface area contributed by atoms with Crippen LogP contribution in [0.2, 0.25) is 0 Å². The third-order valence-electron chi connectivity index (χ3n) is 5.69. The van der Waals surface area contributed by atoms with Crippen LogP contribution in [0.3, 0.4) is 0 Å². The molecule has 2 atom stereocenters. The first kappa shape index (κ1) is 21.1. The molecular weight excluding hydrogens is 414 g/mol. The van der Waals surface area contributed by atoms with Crippen LogP contribution in [0.25, 0.3) is 10.2 Å². The predicted molar refractivity (Wildman–Crippen MR) is 124 cm³/mol. The lowest BCUT2D eigenvalue weighted by Gasteiger charge is -2.21. The lowest BCUT2D eigenvalue weighted by Crippen LogP contribution is -2.28. The maximum atomic E-state index is 13.4. The van der Waals surface area contributed by atoms with E-state index in [-0.39, 0.29) is 11.5 Å². The Morgan fingerprint density at radius 1 is 1.33 bits per heavy atom. The Hall–Kier alpha value is -2.12. The molecule has 158 valence electrons. The second-order valence-corrected chi connectivity index (χ2v) is 10.3. The van der Waals surface area contributed by atoms with Gasteiger partial charge in [0.1, 0.15) is 10.1 Å². The largest absolute Gasteiger partial charge is 0.348 e. The predicted octanol–water partition coefficient (Wildman–Crippen LogP) is 4.52. The van der Waals surface area contributed by atoms with Crippen LogP contribution >= 0.6 is 23.1 Å². The van der Waals surface area contributed by atoms with Crippen LogP contribution in [-0.2, 0) is 24.2 Å². The number of hydrogen-bond acceptors (Lipinski definition) is 5. The molecule has 30 heavy (non-hydrogen) atoms. The third kappa shape index (κ3) is 3.81. The summed E-state index contributed by atoms with van der Waals surface area (Å²) in [6, 6.07) is 9.72. The van der Waals surface area contributed by atoms with Gasteiger partial charge in [-0.15, -0.1) is 11.3 Å². The highest BCUT2D eigenvalue weighted by Gasteiger charge is 2.28. The minimum Gasteiger partial charge on any atom is -0.348 e. The Morgan fingerprint density at radius 2 is 2.07 bits per heavy atom. The molecule has 0 aliphatic heterocycles. The molecule has 4 rings (SSSR count). The van der Waals surface area contributed by atoms with Gasteiger partial charge in [0, 0.05) is 25.5 Å². The summed E-state index contributed by atoms with van der Waals surface area (Å²) in [6.07, 6.45) is 3.10. The second-order valence-electron chi connectivity index (χ2n) is 8.12. The molecule has 1 aliphatic carbocycles. The minimum absolute atomic E-state index is 0.0116. The zero-order valence-electron chi connectivity index (χ0n) is 17.8. The molecule has 0 fully saturated rings. The summed E-state index contributed by atoms with van der Waals surface area (Å²) >= 11 is 3.03. The number of fused-ring (bicyclic) bond motifs is 3. The molecule has 0 unspecified atom stereocenters. The maximum Gasteiger partial charge on any atom is 0.263 e. The highest BCUT2D eigenvalue weighted by molar-refractivity contribution is 8.00. The van der Waals surface area contributed by atoms with Crippen molar-refractivity contribution in [3.8, 4) is 0 Å². The average molecular weight is 442 g/mol. The normalized spacial score (nSPS) is 17.0. The van der Waals surface area contributed by atoms with Gasteiger partial charge in [0.15, 0.2) is 5.16 Å². The van der Waals surface area contributed by atoms with Gasteiger partial charge in [0.2, 0.25) is 5.91 Å². The number of carbonyl (C=O) groups is 1. The number of benzene rings is 1. The molecule has 1 aromatic carbocycles. The van der Waals surface area contributed by atoms with Gasteiger partial charge in [0.05, 0.1) is 5.39 Å². The van der Waals surface area contributed by atoms with Gasteiger partial charge < -0.3 is 4.90 Å². The Morgan fingerprint density at radius 3 is 2.73 bits per heavy atom. The van der Waals surface area contributed by atoms with E-state index >= 15 is 0 Å². The first-order chi connectivity index (χ1) is 14.4. The lowest BCUT2D eigenvalue weighted by molar-refractivity contribution is -0.128. The van der Waals surface area contributed by atoms with Crippen LogP contribution in [0.1, 0.15) is 41.5 Å². The van der Waals surface area contributed by atoms with Crippen LogP contribution in [0.5, 0.6) is 0 Å². The van der Waals surface area contributed by atoms with Gasteiger partial charge in [-0.3, -0.25) is 14.2 Å². The van der Waals surface area contributed by atoms with Crippen molar-refractivity contribution < 1.29 is 4.79 Å². The number of likely N-dealkylation sites (N-methyl/N-ethyl adjacent to an activating group) is 1. The van der Waals surface area contributed by atoms with E-state index in [0.29, 0.717) is 17.6 Å². The van der Waals surface area contributed by atoms with E-state index in [1.165, 1.54) is 22.2 Å². The van der Waals surface area contributed by atoms with Gasteiger partial charge in [-0.1, -0.05) is 49.0 Å². The zero-order chi connectivity index (χ0) is 21.4. The van der Waals surface area contributed by atoms with Crippen molar-refractivity contribution in [1.82, 2.24) is 14.5 Å². The van der Waals surface area contributed by atoms with Crippen molar-refractivity contribution in [2.24, 2.45) is 5.92 Å². The molecule has 0 spiro atoms. The van der Waals surface area contributed by atoms with Crippen LogP contribution in [0, 0.1) is 5.92 Å². The number of nitrogens with zero attached hydrogens (tertiary/aromatic N) is 3. The molecule has 2 aromatic heterocycles. The van der Waals surface area contributed by atoms with E-state index in [9.17, 15) is 9.59 Å². The number of thiophene rings is 1. The topological polar surface area (TPSA) is 55.2 Å². The van der Waals surface area contributed by atoms with Crippen LogP contribution in [-0.4, -0.2) is 34.5 Å². The highest BCUT2D eigenvalue weighted by Crippen LogP contribution is 2.39. The van der Waals surface area contributed by atoms with Crippen LogP contribution in [0.15, 0.2) is 40.3 Å². The van der Waals surface area contributed by atoms with Gasteiger partial charge in [0.25, 0.3) is 5.56 Å². The summed E-state index contributed by atoms with van der Waals surface area (Å²) < 4.78 is 1.73. The van der Waals surface area contributed by atoms with Crippen molar-refractivity contribution in [3.05, 3.63) is 56.7 Å². The van der Waals surface area contributed by atoms with E-state index in [4.69, 9.17) is 4.98 Å². The number of hydrogen-bond donors (Lipinski definition) is 0. The van der Waals surface area contributed by atoms with Crippen LogP contribution < -0.4 is 5.56 Å². The molecule has 0 bridgehead atoms. The first-order valence-electron chi connectivity index (χ1n) is 10.4. The summed E-state index contributed by atoms with van der Waals surface area (Å²) in [6.45, 7) is 4.76. The first-order valence-corrected chi connectivity index (χ1v) is 12.1. The van der Waals surface area contributed by atoms with E-state index in [0.717, 1.165) is 35.0 Å². The second kappa shape index (κ2) is 8.55. The van der Waals surface area contributed by atoms with Crippen molar-refractivity contribution >= 4 is 39.2 Å². The van der Waals surface area contributed by atoms with Gasteiger partial charge >= 0.3 is 0 Å². The molecule has 7 heteroatoms. The average Bonchev–Trinajstić information content (AvgIpc) is 3.09. The quantitative estimate of drug-likeness (QED) is 0.431. The molecule has 0 saturated carbocycles. The van der Waals surface area contributed by atoms with Gasteiger partial charge in [-0.25, -0.2) is 4.98 Å². The number of thioether (sulfide) groups is 1. The Labute approximate surface area is 185 Å². The molecule has 0 radical (unpaired) electrons. The van der Waals surface area contributed by atoms with Crippen molar-refractivity contribution in [2.75, 3.05) is 14.1 Å². The fourth-order valence-corrected chi connectivity index (χ4v) is 6.73. The fraction of sp³-hybridized carbons (Fsp3) is 0.435. The number of rotatable bonds is 5. The van der Waals surface area contributed by atoms with Gasteiger partial charge in [-0.05, 0) is 43.2 Å². The highest BCUT2D eigenvalue weighted by atomic mass is 32.2.